The van der Waals surface area contributed by atoms with E-state index in [-0.39, 0.29) is 6.04 Å². The molecule has 3 nitrogen and oxygen atoms in total. The topological polar surface area (TPSA) is 29.9 Å². The van der Waals surface area contributed by atoms with Crippen LogP contribution in [0.3, 0.4) is 0 Å². The van der Waals surface area contributed by atoms with Gasteiger partial charge in [0.2, 0.25) is 0 Å². The second kappa shape index (κ2) is 7.11. The maximum atomic E-state index is 6.32. The molecular formula is C15H19Cl2N3. The van der Waals surface area contributed by atoms with Crippen LogP contribution in [-0.2, 0) is 13.5 Å². The molecule has 0 aliphatic rings. The molecule has 0 fully saturated rings. The van der Waals surface area contributed by atoms with Crippen LogP contribution < -0.4 is 5.32 Å². The highest BCUT2D eigenvalue weighted by atomic mass is 35.5. The van der Waals surface area contributed by atoms with Crippen LogP contribution in [0.4, 0.5) is 0 Å². The van der Waals surface area contributed by atoms with Crippen molar-refractivity contribution in [3.8, 4) is 0 Å². The monoisotopic (exact) mass is 311 g/mol. The van der Waals surface area contributed by atoms with Crippen molar-refractivity contribution in [3.63, 3.8) is 0 Å². The molecule has 1 N–H and O–H groups in total. The third-order valence-corrected chi connectivity index (χ3v) is 3.74. The molecule has 0 aliphatic heterocycles. The molecule has 5 heteroatoms. The molecule has 1 aromatic heterocycles. The fourth-order valence-electron chi connectivity index (χ4n) is 2.17. The summed E-state index contributed by atoms with van der Waals surface area (Å²) in [5, 5.41) is 9.39. The summed E-state index contributed by atoms with van der Waals surface area (Å²) in [6.45, 7) is 3.07. The summed E-state index contributed by atoms with van der Waals surface area (Å²) in [5.74, 6) is 0. The number of benzene rings is 1. The van der Waals surface area contributed by atoms with E-state index in [9.17, 15) is 0 Å². The first kappa shape index (κ1) is 15.4. The lowest BCUT2D eigenvalue weighted by molar-refractivity contribution is 0.521. The minimum absolute atomic E-state index is 0.121. The number of nitrogens with one attached hydrogen (secondary N) is 1. The van der Waals surface area contributed by atoms with Crippen molar-refractivity contribution in [2.75, 3.05) is 6.54 Å². The molecule has 0 saturated carbocycles. The molecule has 0 amide bonds. The van der Waals surface area contributed by atoms with E-state index < -0.39 is 0 Å². The van der Waals surface area contributed by atoms with Crippen LogP contribution in [0.5, 0.6) is 0 Å². The summed E-state index contributed by atoms with van der Waals surface area (Å²) in [7, 11) is 1.92. The molecule has 2 aromatic rings. The molecule has 1 atom stereocenters. The highest BCUT2D eigenvalue weighted by Gasteiger charge is 2.16. The molecule has 1 heterocycles. The standard InChI is InChI=1S/C15H19Cl2N3/c1-3-7-18-15(10-12-6-8-20(2)19-12)13-9-11(16)4-5-14(13)17/h4-6,8-9,15,18H,3,7,10H2,1-2H3. The smallest absolute Gasteiger partial charge is 0.0643 e. The highest BCUT2D eigenvalue weighted by Crippen LogP contribution is 2.28. The van der Waals surface area contributed by atoms with Crippen LogP contribution in [0, 0.1) is 0 Å². The van der Waals surface area contributed by atoms with E-state index in [1.54, 1.807) is 0 Å². The van der Waals surface area contributed by atoms with Crippen molar-refractivity contribution in [3.05, 3.63) is 51.8 Å². The maximum absolute atomic E-state index is 6.32. The molecule has 2 rings (SSSR count). The normalized spacial score (nSPS) is 12.6. The number of halogens is 2. The summed E-state index contributed by atoms with van der Waals surface area (Å²) < 4.78 is 1.81. The quantitative estimate of drug-likeness (QED) is 0.873. The van der Waals surface area contributed by atoms with Gasteiger partial charge in [-0.2, -0.15) is 5.10 Å². The summed E-state index contributed by atoms with van der Waals surface area (Å²) in [6, 6.07) is 7.73. The molecule has 1 unspecified atom stereocenters. The lowest BCUT2D eigenvalue weighted by Crippen LogP contribution is -2.24. The second-order valence-electron chi connectivity index (χ2n) is 4.86. The van der Waals surface area contributed by atoms with Crippen molar-refractivity contribution >= 4 is 23.2 Å². The van der Waals surface area contributed by atoms with Crippen molar-refractivity contribution in [1.82, 2.24) is 15.1 Å². The zero-order valence-electron chi connectivity index (χ0n) is 11.7. The maximum Gasteiger partial charge on any atom is 0.0643 e. The van der Waals surface area contributed by atoms with Gasteiger partial charge >= 0.3 is 0 Å². The Morgan fingerprint density at radius 2 is 2.10 bits per heavy atom. The molecule has 0 spiro atoms. The van der Waals surface area contributed by atoms with Crippen molar-refractivity contribution in [2.45, 2.75) is 25.8 Å². The first-order chi connectivity index (χ1) is 9.60. The van der Waals surface area contributed by atoms with Gasteiger partial charge in [-0.25, -0.2) is 0 Å². The predicted octanol–water partition coefficient (Wildman–Crippen LogP) is 4.01. The molecule has 0 aliphatic carbocycles. The van der Waals surface area contributed by atoms with Crippen molar-refractivity contribution in [2.24, 2.45) is 7.05 Å². The number of nitrogens with zero attached hydrogens (tertiary/aromatic N) is 2. The Morgan fingerprint density at radius 3 is 2.75 bits per heavy atom. The number of hydrogen-bond acceptors (Lipinski definition) is 2. The lowest BCUT2D eigenvalue weighted by Gasteiger charge is -2.19. The van der Waals surface area contributed by atoms with E-state index in [0.29, 0.717) is 5.02 Å². The summed E-state index contributed by atoms with van der Waals surface area (Å²) in [4.78, 5) is 0. The van der Waals surface area contributed by atoms with Crippen LogP contribution in [-0.4, -0.2) is 16.3 Å². The van der Waals surface area contributed by atoms with Gasteiger partial charge in [0.1, 0.15) is 0 Å². The Balaban J connectivity index is 2.24. The number of rotatable bonds is 6. The molecule has 108 valence electrons. The molecule has 0 radical (unpaired) electrons. The highest BCUT2D eigenvalue weighted by molar-refractivity contribution is 6.33. The van der Waals surface area contributed by atoms with Crippen molar-refractivity contribution in [1.29, 1.82) is 0 Å². The summed E-state index contributed by atoms with van der Waals surface area (Å²) >= 11 is 12.4. The Bertz CT molecular complexity index is 566. The SMILES string of the molecule is CCCNC(Cc1ccn(C)n1)c1cc(Cl)ccc1Cl. The zero-order valence-corrected chi connectivity index (χ0v) is 13.2. The van der Waals surface area contributed by atoms with E-state index in [1.807, 2.05) is 42.2 Å². The number of aryl methyl sites for hydroxylation is 1. The molecule has 20 heavy (non-hydrogen) atoms. The van der Waals surface area contributed by atoms with Gasteiger partial charge in [-0.15, -0.1) is 0 Å². The van der Waals surface area contributed by atoms with Crippen LogP contribution >= 0.6 is 23.2 Å². The van der Waals surface area contributed by atoms with Gasteiger partial charge in [-0.05, 0) is 42.8 Å². The fourth-order valence-corrected chi connectivity index (χ4v) is 2.60. The Labute approximate surface area is 129 Å². The van der Waals surface area contributed by atoms with Gasteiger partial charge in [0.05, 0.1) is 5.69 Å². The van der Waals surface area contributed by atoms with E-state index in [1.165, 1.54) is 0 Å². The largest absolute Gasteiger partial charge is 0.310 e. The van der Waals surface area contributed by atoms with E-state index in [0.717, 1.165) is 35.7 Å². The molecular weight excluding hydrogens is 293 g/mol. The summed E-state index contributed by atoms with van der Waals surface area (Å²) in [6.07, 6.45) is 3.81. The molecule has 0 bridgehead atoms. The van der Waals surface area contributed by atoms with Gasteiger partial charge in [-0.3, -0.25) is 4.68 Å². The van der Waals surface area contributed by atoms with Gasteiger partial charge in [0, 0.05) is 35.8 Å². The van der Waals surface area contributed by atoms with Crippen LogP contribution in [0.25, 0.3) is 0 Å². The molecule has 0 saturated heterocycles. The van der Waals surface area contributed by atoms with E-state index in [2.05, 4.69) is 17.3 Å². The first-order valence-corrected chi connectivity index (χ1v) is 7.52. The zero-order chi connectivity index (χ0) is 14.5. The number of aromatic nitrogens is 2. The first-order valence-electron chi connectivity index (χ1n) is 6.77. The average Bonchev–Trinajstić information content (AvgIpc) is 2.83. The van der Waals surface area contributed by atoms with E-state index in [4.69, 9.17) is 23.2 Å². The van der Waals surface area contributed by atoms with Gasteiger partial charge in [0.15, 0.2) is 0 Å². The van der Waals surface area contributed by atoms with Crippen LogP contribution in [0.2, 0.25) is 10.0 Å². The third-order valence-electron chi connectivity index (χ3n) is 3.16. The minimum Gasteiger partial charge on any atom is -0.310 e. The second-order valence-corrected chi connectivity index (χ2v) is 5.70. The predicted molar refractivity (Wildman–Crippen MR) is 84.4 cm³/mol. The molecule has 1 aromatic carbocycles. The van der Waals surface area contributed by atoms with Gasteiger partial charge in [0.25, 0.3) is 0 Å². The average molecular weight is 312 g/mol. The van der Waals surface area contributed by atoms with Gasteiger partial charge in [-0.1, -0.05) is 30.1 Å². The van der Waals surface area contributed by atoms with Crippen LogP contribution in [0.15, 0.2) is 30.5 Å². The Kier molecular flexibility index (Phi) is 5.46. The van der Waals surface area contributed by atoms with E-state index >= 15 is 0 Å². The number of hydrogen-bond donors (Lipinski definition) is 1. The Morgan fingerprint density at radius 1 is 1.30 bits per heavy atom. The Hall–Kier alpha value is -1.03. The van der Waals surface area contributed by atoms with Gasteiger partial charge < -0.3 is 5.32 Å². The third kappa shape index (κ3) is 3.98. The van der Waals surface area contributed by atoms with Crippen molar-refractivity contribution < 1.29 is 0 Å². The fraction of sp³-hybridized carbons (Fsp3) is 0.400. The minimum atomic E-state index is 0.121. The summed E-state index contributed by atoms with van der Waals surface area (Å²) in [5.41, 5.74) is 2.07. The van der Waals surface area contributed by atoms with Crippen LogP contribution in [0.1, 0.15) is 30.6 Å². The lowest BCUT2D eigenvalue weighted by atomic mass is 10.0.